The Hall–Kier alpha value is -0.870. The molecule has 1 heterocycles. The zero-order valence-corrected chi connectivity index (χ0v) is 9.50. The van der Waals surface area contributed by atoms with Crippen LogP contribution in [0.25, 0.3) is 0 Å². The molecule has 2 rings (SSSR count). The van der Waals surface area contributed by atoms with Crippen LogP contribution >= 0.6 is 15.9 Å². The van der Waals surface area contributed by atoms with E-state index in [1.165, 1.54) is 6.07 Å². The van der Waals surface area contributed by atoms with Crippen molar-refractivity contribution in [2.75, 3.05) is 6.61 Å². The molecule has 80 valence electrons. The maximum absolute atomic E-state index is 13.2. The number of halogens is 2. The Bertz CT molecular complexity index is 404. The quantitative estimate of drug-likeness (QED) is 0.897. The molecule has 0 amide bonds. The molecule has 1 aliphatic heterocycles. The third-order valence-electron chi connectivity index (χ3n) is 2.26. The standard InChI is InChI=1S/C11H10BrFO2/c12-8-4-3-7(6-9(8)13)11(14)10-2-1-5-15-10/h2-4,6,11,14H,1,5H2. The van der Waals surface area contributed by atoms with Crippen molar-refractivity contribution in [1.82, 2.24) is 0 Å². The van der Waals surface area contributed by atoms with Crippen molar-refractivity contribution in [3.63, 3.8) is 0 Å². The summed E-state index contributed by atoms with van der Waals surface area (Å²) in [6, 6.07) is 4.54. The molecule has 2 nitrogen and oxygen atoms in total. The lowest BCUT2D eigenvalue weighted by molar-refractivity contribution is 0.118. The number of hydrogen-bond acceptors (Lipinski definition) is 2. The highest BCUT2D eigenvalue weighted by molar-refractivity contribution is 9.10. The molecule has 0 spiro atoms. The summed E-state index contributed by atoms with van der Waals surface area (Å²) in [7, 11) is 0. The number of aliphatic hydroxyl groups is 1. The van der Waals surface area contributed by atoms with Gasteiger partial charge in [-0.05, 0) is 39.7 Å². The second kappa shape index (κ2) is 4.33. The summed E-state index contributed by atoms with van der Waals surface area (Å²) in [5.74, 6) is 0.127. The molecule has 0 aromatic heterocycles. The van der Waals surface area contributed by atoms with Crippen molar-refractivity contribution in [1.29, 1.82) is 0 Å². The van der Waals surface area contributed by atoms with Crippen LogP contribution in [-0.2, 0) is 4.74 Å². The zero-order chi connectivity index (χ0) is 10.8. The van der Waals surface area contributed by atoms with E-state index in [0.717, 1.165) is 6.42 Å². The van der Waals surface area contributed by atoms with Crippen LogP contribution in [0.3, 0.4) is 0 Å². The molecule has 0 fully saturated rings. The highest BCUT2D eigenvalue weighted by atomic mass is 79.9. The monoisotopic (exact) mass is 272 g/mol. The van der Waals surface area contributed by atoms with Crippen LogP contribution < -0.4 is 0 Å². The Morgan fingerprint density at radius 2 is 2.27 bits per heavy atom. The molecule has 0 bridgehead atoms. The van der Waals surface area contributed by atoms with Gasteiger partial charge in [0, 0.05) is 6.42 Å². The second-order valence-electron chi connectivity index (χ2n) is 3.32. The lowest BCUT2D eigenvalue weighted by Crippen LogP contribution is -2.02. The highest BCUT2D eigenvalue weighted by Gasteiger charge is 2.18. The molecule has 1 aromatic carbocycles. The van der Waals surface area contributed by atoms with Gasteiger partial charge in [-0.15, -0.1) is 0 Å². The van der Waals surface area contributed by atoms with Crippen molar-refractivity contribution in [2.45, 2.75) is 12.5 Å². The summed E-state index contributed by atoms with van der Waals surface area (Å²) in [6.45, 7) is 0.589. The van der Waals surface area contributed by atoms with Crippen LogP contribution in [0, 0.1) is 5.82 Å². The van der Waals surface area contributed by atoms with Crippen LogP contribution in [0.4, 0.5) is 4.39 Å². The van der Waals surface area contributed by atoms with Gasteiger partial charge < -0.3 is 9.84 Å². The number of ether oxygens (including phenoxy) is 1. The summed E-state index contributed by atoms with van der Waals surface area (Å²) in [4.78, 5) is 0. The van der Waals surface area contributed by atoms with Gasteiger partial charge in [-0.25, -0.2) is 4.39 Å². The van der Waals surface area contributed by atoms with E-state index in [1.54, 1.807) is 12.1 Å². The lowest BCUT2D eigenvalue weighted by Gasteiger charge is -2.12. The Balaban J connectivity index is 2.25. The fourth-order valence-corrected chi connectivity index (χ4v) is 1.72. The molecule has 1 aliphatic rings. The molecule has 0 radical (unpaired) electrons. The fourth-order valence-electron chi connectivity index (χ4n) is 1.47. The molecule has 1 atom stereocenters. The molecular weight excluding hydrogens is 263 g/mol. The van der Waals surface area contributed by atoms with E-state index in [4.69, 9.17) is 4.74 Å². The summed E-state index contributed by atoms with van der Waals surface area (Å²) in [5, 5.41) is 9.86. The van der Waals surface area contributed by atoms with E-state index < -0.39 is 6.10 Å². The third kappa shape index (κ3) is 2.21. The number of hydrogen-bond donors (Lipinski definition) is 1. The minimum atomic E-state index is -0.866. The predicted octanol–water partition coefficient (Wildman–Crippen LogP) is 2.93. The Kier molecular flexibility index (Phi) is 3.07. The maximum Gasteiger partial charge on any atom is 0.137 e. The maximum atomic E-state index is 13.2. The van der Waals surface area contributed by atoms with E-state index >= 15 is 0 Å². The summed E-state index contributed by atoms with van der Waals surface area (Å²) in [6.07, 6.45) is 1.76. The minimum absolute atomic E-state index is 0.384. The van der Waals surface area contributed by atoms with Crippen molar-refractivity contribution < 1.29 is 14.2 Å². The van der Waals surface area contributed by atoms with Gasteiger partial charge in [-0.2, -0.15) is 0 Å². The molecule has 1 aromatic rings. The van der Waals surface area contributed by atoms with Gasteiger partial charge in [-0.1, -0.05) is 6.07 Å². The fraction of sp³-hybridized carbons (Fsp3) is 0.273. The first-order valence-corrected chi connectivity index (χ1v) is 5.43. The smallest absolute Gasteiger partial charge is 0.137 e. The largest absolute Gasteiger partial charge is 0.495 e. The number of aliphatic hydroxyl groups excluding tert-OH is 1. The average molecular weight is 273 g/mol. The van der Waals surface area contributed by atoms with Gasteiger partial charge in [0.05, 0.1) is 11.1 Å². The van der Waals surface area contributed by atoms with E-state index in [1.807, 2.05) is 6.08 Å². The summed E-state index contributed by atoms with van der Waals surface area (Å²) >= 11 is 3.06. The van der Waals surface area contributed by atoms with Crippen LogP contribution in [-0.4, -0.2) is 11.7 Å². The van der Waals surface area contributed by atoms with E-state index in [0.29, 0.717) is 22.4 Å². The molecule has 0 aliphatic carbocycles. The van der Waals surface area contributed by atoms with Crippen LogP contribution in [0.1, 0.15) is 18.1 Å². The van der Waals surface area contributed by atoms with Crippen LogP contribution in [0.15, 0.2) is 34.5 Å². The number of benzene rings is 1. The molecule has 1 unspecified atom stereocenters. The Morgan fingerprint density at radius 3 is 2.87 bits per heavy atom. The van der Waals surface area contributed by atoms with Crippen molar-refractivity contribution in [3.05, 3.63) is 45.9 Å². The van der Waals surface area contributed by atoms with Gasteiger partial charge >= 0.3 is 0 Å². The topological polar surface area (TPSA) is 29.5 Å². The molecule has 0 saturated heterocycles. The van der Waals surface area contributed by atoms with Gasteiger partial charge in [-0.3, -0.25) is 0 Å². The Morgan fingerprint density at radius 1 is 1.47 bits per heavy atom. The molecule has 0 saturated carbocycles. The van der Waals surface area contributed by atoms with Crippen molar-refractivity contribution >= 4 is 15.9 Å². The van der Waals surface area contributed by atoms with Crippen molar-refractivity contribution in [2.24, 2.45) is 0 Å². The first-order chi connectivity index (χ1) is 7.18. The van der Waals surface area contributed by atoms with Gasteiger partial charge in [0.2, 0.25) is 0 Å². The normalized spacial score (nSPS) is 17.1. The summed E-state index contributed by atoms with van der Waals surface area (Å²) < 4.78 is 18.8. The van der Waals surface area contributed by atoms with E-state index in [-0.39, 0.29) is 5.82 Å². The van der Waals surface area contributed by atoms with Crippen molar-refractivity contribution in [3.8, 4) is 0 Å². The van der Waals surface area contributed by atoms with Gasteiger partial charge in [0.15, 0.2) is 0 Å². The lowest BCUT2D eigenvalue weighted by atomic mass is 10.1. The third-order valence-corrected chi connectivity index (χ3v) is 2.90. The highest BCUT2D eigenvalue weighted by Crippen LogP contribution is 2.28. The second-order valence-corrected chi connectivity index (χ2v) is 4.17. The first-order valence-electron chi connectivity index (χ1n) is 4.64. The molecule has 1 N–H and O–H groups in total. The molecular formula is C11H10BrFO2. The summed E-state index contributed by atoms with van der Waals surface area (Å²) in [5.41, 5.74) is 0.504. The zero-order valence-electron chi connectivity index (χ0n) is 7.91. The van der Waals surface area contributed by atoms with E-state index in [2.05, 4.69) is 15.9 Å². The molecule has 4 heteroatoms. The minimum Gasteiger partial charge on any atom is -0.495 e. The average Bonchev–Trinajstić information content (AvgIpc) is 2.74. The molecule has 15 heavy (non-hydrogen) atoms. The first kappa shape index (κ1) is 10.6. The van der Waals surface area contributed by atoms with E-state index in [9.17, 15) is 9.50 Å². The number of rotatable bonds is 2. The van der Waals surface area contributed by atoms with Crippen LogP contribution in [0.5, 0.6) is 0 Å². The predicted molar refractivity (Wildman–Crippen MR) is 57.7 cm³/mol. The Labute approximate surface area is 95.5 Å². The van der Waals surface area contributed by atoms with Crippen LogP contribution in [0.2, 0.25) is 0 Å². The SMILES string of the molecule is OC(C1=CCCO1)c1ccc(Br)c(F)c1. The van der Waals surface area contributed by atoms with Gasteiger partial charge in [0.25, 0.3) is 0 Å². The van der Waals surface area contributed by atoms with Gasteiger partial charge in [0.1, 0.15) is 17.7 Å².